The lowest BCUT2D eigenvalue weighted by Crippen LogP contribution is -2.56. The minimum absolute atomic E-state index is 0.0161. The number of anilines is 1. The fourth-order valence-electron chi connectivity index (χ4n) is 13.0. The van der Waals surface area contributed by atoms with Crippen molar-refractivity contribution in [2.75, 3.05) is 63.9 Å². The zero-order chi connectivity index (χ0) is 49.4. The molecule has 7 aliphatic rings. The van der Waals surface area contributed by atoms with Crippen LogP contribution in [0.4, 0.5) is 14.6 Å². The Hall–Kier alpha value is -5.91. The number of hydrogen-bond donors (Lipinski definition) is 3. The third-order valence-corrected chi connectivity index (χ3v) is 17.6. The maximum atomic E-state index is 17.2. The average molecular weight is 984 g/mol. The van der Waals surface area contributed by atoms with Gasteiger partial charge < -0.3 is 34.6 Å². The van der Waals surface area contributed by atoms with Crippen molar-refractivity contribution in [1.82, 2.24) is 40.4 Å². The van der Waals surface area contributed by atoms with Crippen molar-refractivity contribution in [2.24, 2.45) is 10.8 Å². The van der Waals surface area contributed by atoms with Crippen molar-refractivity contribution in [3.63, 3.8) is 0 Å². The number of likely N-dealkylation sites (tertiary alicyclic amines) is 2. The number of imide groups is 1. The number of fused-ring (bicyclic) bond motifs is 2. The lowest BCUT2D eigenvalue weighted by molar-refractivity contribution is -0.151. The normalized spacial score (nSPS) is 24.6. The van der Waals surface area contributed by atoms with Crippen molar-refractivity contribution in [2.45, 2.75) is 120 Å². The molecular weight excluding hydrogens is 921 g/mol. The van der Waals surface area contributed by atoms with Crippen LogP contribution >= 0.6 is 0 Å². The summed E-state index contributed by atoms with van der Waals surface area (Å²) in [7, 11) is 0. The molecule has 3 aromatic heterocycles. The van der Waals surface area contributed by atoms with Gasteiger partial charge in [0.1, 0.15) is 40.3 Å². The second kappa shape index (κ2) is 18.5. The molecule has 2 aromatic carbocycles. The summed E-state index contributed by atoms with van der Waals surface area (Å²) < 4.78 is 45.1. The highest BCUT2D eigenvalue weighted by Gasteiger charge is 2.51. The van der Waals surface area contributed by atoms with Gasteiger partial charge in [0.15, 0.2) is 5.82 Å². The van der Waals surface area contributed by atoms with Gasteiger partial charge in [-0.15, -0.1) is 0 Å². The number of carbonyl (C=O) groups is 3. The highest BCUT2D eigenvalue weighted by Crippen LogP contribution is 2.53. The molecule has 2 spiro atoms. The number of phenolic OH excluding ortho intramolecular Hbond substituents is 1. The highest BCUT2D eigenvalue weighted by molar-refractivity contribution is 6.04. The Morgan fingerprint density at radius 1 is 0.944 bits per heavy atom. The monoisotopic (exact) mass is 983 g/mol. The number of hydrogen-bond acceptors (Lipinski definition) is 13. The number of aromatic hydroxyl groups is 1. The molecule has 15 nitrogen and oxygen atoms in total. The van der Waals surface area contributed by atoms with Gasteiger partial charge >= 0.3 is 6.01 Å². The van der Waals surface area contributed by atoms with E-state index < -0.39 is 29.5 Å². The largest absolute Gasteiger partial charge is 0.508 e. The molecule has 7 fully saturated rings. The number of pyridine rings is 2. The summed E-state index contributed by atoms with van der Waals surface area (Å²) in [6.45, 7) is 9.54. The lowest BCUT2D eigenvalue weighted by atomic mass is 9.59. The van der Waals surface area contributed by atoms with E-state index in [9.17, 15) is 19.5 Å². The number of carbonyl (C=O) groups excluding carboxylic acids is 3. The average Bonchev–Trinajstić information content (AvgIpc) is 4.14. The van der Waals surface area contributed by atoms with E-state index in [1.54, 1.807) is 30.6 Å². The standard InChI is InChI=1S/C55H63F2N9O6/c1-2-38-41(56)6-4-34-24-37(67)25-39(45(34)38)47-46(57)48-40(29-59-47)49(66-18-3-12-55(31-66)17-23-72-55)63-52(62-48)71-32-54(13-14-54)30-64-21-15-53(16-22-64)26-36(27-53)65-19-10-33(11-20-65)35-5-7-42(58-28-35)50(69)60-43-8-9-44(68)61-51(43)70/h4-7,24-25,28-29,33,36,43,67H,2-3,8-23,26-27,30-32H2,1H3,(H,60,69)(H,61,68,70)/t43?,55-/m0/s1. The fourth-order valence-corrected chi connectivity index (χ4v) is 13.0. The van der Waals surface area contributed by atoms with Gasteiger partial charge in [0, 0.05) is 61.9 Å². The van der Waals surface area contributed by atoms with Crippen LogP contribution in [0, 0.1) is 22.5 Å². The number of nitrogens with zero attached hydrogens (tertiary/aromatic N) is 7. The second-order valence-corrected chi connectivity index (χ2v) is 22.2. The molecule has 5 aliphatic heterocycles. The minimum atomic E-state index is -0.730. The summed E-state index contributed by atoms with van der Waals surface area (Å²) in [5, 5.41) is 17.3. The molecule has 2 saturated carbocycles. The summed E-state index contributed by atoms with van der Waals surface area (Å²) in [6, 6.07) is 9.73. The number of benzene rings is 2. The second-order valence-electron chi connectivity index (χ2n) is 22.2. The van der Waals surface area contributed by atoms with E-state index in [-0.39, 0.29) is 58.4 Å². The van der Waals surface area contributed by atoms with Gasteiger partial charge in [0.2, 0.25) is 11.8 Å². The van der Waals surface area contributed by atoms with Gasteiger partial charge in [-0.25, -0.2) is 8.78 Å². The number of amides is 3. The first-order valence-corrected chi connectivity index (χ1v) is 26.3. The minimum Gasteiger partial charge on any atom is -0.508 e. The van der Waals surface area contributed by atoms with E-state index in [0.717, 1.165) is 96.4 Å². The SMILES string of the molecule is CCc1c(F)ccc2cc(O)cc(-c3ncc4c(N5CCC[C@]6(CCO6)C5)nc(OCC5(CN6CCC7(CC6)CC(N6CCC(c8ccc(C(=O)NC9CCC(=O)NC9=O)nc8)CC6)C7)CC5)nc4c3F)c12. The van der Waals surface area contributed by atoms with Gasteiger partial charge in [0.25, 0.3) is 5.91 Å². The summed E-state index contributed by atoms with van der Waals surface area (Å²) in [4.78, 5) is 62.7. The molecule has 3 N–H and O–H groups in total. The number of halogens is 2. The van der Waals surface area contributed by atoms with Crippen LogP contribution in [0.15, 0.2) is 48.8 Å². The molecule has 12 rings (SSSR count). The van der Waals surface area contributed by atoms with Crippen LogP contribution in [0.25, 0.3) is 32.9 Å². The van der Waals surface area contributed by atoms with Crippen LogP contribution in [-0.4, -0.2) is 129 Å². The Balaban J connectivity index is 0.673. The molecule has 378 valence electrons. The molecule has 0 radical (unpaired) electrons. The summed E-state index contributed by atoms with van der Waals surface area (Å²) >= 11 is 0. The Labute approximate surface area is 417 Å². The van der Waals surface area contributed by atoms with E-state index >= 15 is 8.78 Å². The van der Waals surface area contributed by atoms with E-state index in [1.165, 1.54) is 37.8 Å². The highest BCUT2D eigenvalue weighted by atomic mass is 19.1. The molecule has 72 heavy (non-hydrogen) atoms. The topological polar surface area (TPSA) is 175 Å². The first kappa shape index (κ1) is 47.1. The number of ether oxygens (including phenoxy) is 2. The molecule has 8 heterocycles. The van der Waals surface area contributed by atoms with Crippen LogP contribution in [0.1, 0.15) is 118 Å². The maximum absolute atomic E-state index is 17.2. The van der Waals surface area contributed by atoms with E-state index in [1.807, 2.05) is 13.0 Å². The van der Waals surface area contributed by atoms with Crippen LogP contribution in [-0.2, 0) is 20.7 Å². The predicted molar refractivity (Wildman–Crippen MR) is 266 cm³/mol. The molecule has 5 aromatic rings. The van der Waals surface area contributed by atoms with Crippen LogP contribution in [0.2, 0.25) is 0 Å². The van der Waals surface area contributed by atoms with Gasteiger partial charge in [-0.3, -0.25) is 29.7 Å². The van der Waals surface area contributed by atoms with Gasteiger partial charge in [-0.2, -0.15) is 9.97 Å². The molecule has 1 unspecified atom stereocenters. The maximum Gasteiger partial charge on any atom is 0.319 e. The summed E-state index contributed by atoms with van der Waals surface area (Å²) in [5.41, 5.74) is 2.34. The van der Waals surface area contributed by atoms with Gasteiger partial charge in [-0.05, 0) is 161 Å². The molecular formula is C55H63F2N9O6. The molecule has 0 bridgehead atoms. The van der Waals surface area contributed by atoms with Gasteiger partial charge in [-0.1, -0.05) is 19.1 Å². The Morgan fingerprint density at radius 2 is 1.75 bits per heavy atom. The zero-order valence-corrected chi connectivity index (χ0v) is 41.0. The van der Waals surface area contributed by atoms with Crippen molar-refractivity contribution in [3.05, 3.63) is 77.2 Å². The first-order chi connectivity index (χ1) is 34.9. The number of nitrogens with one attached hydrogen (secondary N) is 2. The van der Waals surface area contributed by atoms with Gasteiger partial charge in [0.05, 0.1) is 24.2 Å². The predicted octanol–water partition coefficient (Wildman–Crippen LogP) is 7.36. The molecule has 2 atom stereocenters. The summed E-state index contributed by atoms with van der Waals surface area (Å²) in [6.07, 6.45) is 16.2. The van der Waals surface area contributed by atoms with Crippen LogP contribution in [0.3, 0.4) is 0 Å². The Bertz CT molecular complexity index is 2940. The molecule has 5 saturated heterocycles. The number of phenols is 1. The third kappa shape index (κ3) is 8.92. The number of aryl methyl sites for hydroxylation is 1. The van der Waals surface area contributed by atoms with E-state index in [0.29, 0.717) is 70.1 Å². The molecule has 17 heteroatoms. The lowest BCUT2D eigenvalue weighted by Gasteiger charge is -2.56. The Kier molecular flexibility index (Phi) is 12.1. The first-order valence-electron chi connectivity index (χ1n) is 26.3. The van der Waals surface area contributed by atoms with Crippen molar-refractivity contribution in [1.29, 1.82) is 0 Å². The number of rotatable bonds is 12. The van der Waals surface area contributed by atoms with Crippen molar-refractivity contribution >= 4 is 45.2 Å². The quantitative estimate of drug-likeness (QED) is 0.106. The van der Waals surface area contributed by atoms with Crippen LogP contribution < -0.4 is 20.3 Å². The van der Waals surface area contributed by atoms with Crippen LogP contribution in [0.5, 0.6) is 11.8 Å². The number of aromatic nitrogens is 4. The zero-order valence-electron chi connectivity index (χ0n) is 41.0. The van der Waals surface area contributed by atoms with E-state index in [2.05, 4.69) is 35.3 Å². The van der Waals surface area contributed by atoms with E-state index in [4.69, 9.17) is 19.4 Å². The number of piperidine rings is 4. The Morgan fingerprint density at radius 3 is 2.46 bits per heavy atom. The molecule has 2 aliphatic carbocycles. The smallest absolute Gasteiger partial charge is 0.319 e. The van der Waals surface area contributed by atoms with Crippen molar-refractivity contribution in [3.8, 4) is 23.0 Å². The third-order valence-electron chi connectivity index (χ3n) is 17.6. The molecule has 3 amide bonds. The summed E-state index contributed by atoms with van der Waals surface area (Å²) in [5.74, 6) is -1.38. The fraction of sp³-hybridized carbons (Fsp3) is 0.545. The van der Waals surface area contributed by atoms with Crippen molar-refractivity contribution < 1.29 is 37.7 Å².